The highest BCUT2D eigenvalue weighted by Gasteiger charge is 2.17. The summed E-state index contributed by atoms with van der Waals surface area (Å²) in [6.45, 7) is 2.02. The summed E-state index contributed by atoms with van der Waals surface area (Å²) >= 11 is 5.97. The van der Waals surface area contributed by atoms with Crippen LogP contribution in [0, 0.1) is 6.92 Å². The maximum Gasteiger partial charge on any atom is 0.257 e. The number of aromatic nitrogens is 2. The normalized spacial score (nSPS) is 11.4. The van der Waals surface area contributed by atoms with Crippen molar-refractivity contribution in [2.24, 2.45) is 0 Å². The second-order valence-electron chi connectivity index (χ2n) is 8.69. The van der Waals surface area contributed by atoms with E-state index in [2.05, 4.69) is 10.6 Å². The summed E-state index contributed by atoms with van der Waals surface area (Å²) in [6.07, 6.45) is 5.05. The molecule has 0 bridgehead atoms. The number of pyridine rings is 1. The standard InChI is InChI=1S/C28H23ClN4O3S/c1-18-4-3-15-33-17-26(32-27(18)33)19-5-9-22(10-6-19)31-28(34)24-14-13-23(37(2,35)36)16-25(24)30-21-11-7-20(29)8-12-21/h3-17,30H,1-2H3,(H,31,34). The van der Waals surface area contributed by atoms with E-state index in [1.165, 1.54) is 18.2 Å². The molecule has 9 heteroatoms. The lowest BCUT2D eigenvalue weighted by atomic mass is 10.1. The molecule has 186 valence electrons. The fraction of sp³-hybridized carbons (Fsp3) is 0.0714. The average Bonchev–Trinajstić information content (AvgIpc) is 3.31. The quantitative estimate of drug-likeness (QED) is 0.266. The van der Waals surface area contributed by atoms with E-state index in [1.54, 1.807) is 36.4 Å². The van der Waals surface area contributed by atoms with Crippen molar-refractivity contribution in [2.45, 2.75) is 11.8 Å². The molecule has 3 aromatic carbocycles. The number of sulfone groups is 1. The molecule has 0 fully saturated rings. The third kappa shape index (κ3) is 5.35. The predicted octanol–water partition coefficient (Wildman–Crippen LogP) is 6.36. The Hall–Kier alpha value is -4.14. The summed E-state index contributed by atoms with van der Waals surface area (Å²) in [6, 6.07) is 22.7. The Morgan fingerprint density at radius 3 is 2.32 bits per heavy atom. The van der Waals surface area contributed by atoms with Gasteiger partial charge in [-0.05, 0) is 73.2 Å². The summed E-state index contributed by atoms with van der Waals surface area (Å²) in [5, 5.41) is 6.59. The first-order valence-electron chi connectivity index (χ1n) is 11.4. The molecule has 0 aliphatic heterocycles. The molecule has 2 N–H and O–H groups in total. The zero-order valence-corrected chi connectivity index (χ0v) is 21.6. The van der Waals surface area contributed by atoms with E-state index in [0.717, 1.165) is 28.7 Å². The maximum atomic E-state index is 13.2. The number of carbonyl (C=O) groups is 1. The van der Waals surface area contributed by atoms with Crippen LogP contribution in [-0.4, -0.2) is 30.0 Å². The Balaban J connectivity index is 1.41. The van der Waals surface area contributed by atoms with E-state index in [-0.39, 0.29) is 10.8 Å². The number of halogens is 1. The van der Waals surface area contributed by atoms with E-state index in [0.29, 0.717) is 27.6 Å². The molecule has 7 nitrogen and oxygen atoms in total. The minimum atomic E-state index is -3.47. The highest BCUT2D eigenvalue weighted by Crippen LogP contribution is 2.27. The topological polar surface area (TPSA) is 92.6 Å². The van der Waals surface area contributed by atoms with Gasteiger partial charge in [0.05, 0.1) is 21.8 Å². The highest BCUT2D eigenvalue weighted by atomic mass is 35.5. The molecule has 2 heterocycles. The van der Waals surface area contributed by atoms with E-state index >= 15 is 0 Å². The Morgan fingerprint density at radius 1 is 0.946 bits per heavy atom. The molecule has 5 rings (SSSR count). The number of fused-ring (bicyclic) bond motifs is 1. The summed E-state index contributed by atoms with van der Waals surface area (Å²) < 4.78 is 26.2. The van der Waals surface area contributed by atoms with Crippen LogP contribution in [0.2, 0.25) is 5.02 Å². The van der Waals surface area contributed by atoms with Crippen LogP contribution < -0.4 is 10.6 Å². The van der Waals surface area contributed by atoms with Crippen molar-refractivity contribution in [2.75, 3.05) is 16.9 Å². The minimum absolute atomic E-state index is 0.104. The van der Waals surface area contributed by atoms with Crippen LogP contribution in [-0.2, 0) is 9.84 Å². The van der Waals surface area contributed by atoms with Crippen molar-refractivity contribution < 1.29 is 13.2 Å². The largest absolute Gasteiger partial charge is 0.355 e. The molecule has 0 saturated carbocycles. The van der Waals surface area contributed by atoms with Gasteiger partial charge >= 0.3 is 0 Å². The third-order valence-corrected chi connectivity index (χ3v) is 7.27. The highest BCUT2D eigenvalue weighted by molar-refractivity contribution is 7.90. The van der Waals surface area contributed by atoms with E-state index in [4.69, 9.17) is 16.6 Å². The first kappa shape index (κ1) is 24.5. The van der Waals surface area contributed by atoms with Crippen LogP contribution in [0.15, 0.2) is 96.2 Å². The molecular formula is C28H23ClN4O3S. The number of imidazole rings is 1. The van der Waals surface area contributed by atoms with Crippen LogP contribution in [0.3, 0.4) is 0 Å². The van der Waals surface area contributed by atoms with Gasteiger partial charge in [0, 0.05) is 40.6 Å². The molecule has 0 aliphatic carbocycles. The number of amides is 1. The smallest absolute Gasteiger partial charge is 0.257 e. The Labute approximate surface area is 219 Å². The van der Waals surface area contributed by atoms with Crippen molar-refractivity contribution in [1.82, 2.24) is 9.38 Å². The first-order chi connectivity index (χ1) is 17.7. The fourth-order valence-corrected chi connectivity index (χ4v) is 4.73. The van der Waals surface area contributed by atoms with Crippen molar-refractivity contribution in [3.8, 4) is 11.3 Å². The monoisotopic (exact) mass is 530 g/mol. The molecule has 5 aromatic rings. The molecule has 0 aliphatic rings. The molecule has 0 spiro atoms. The summed E-state index contributed by atoms with van der Waals surface area (Å²) in [4.78, 5) is 18.0. The number of carbonyl (C=O) groups excluding carboxylic acids is 1. The third-order valence-electron chi connectivity index (χ3n) is 5.90. The molecule has 0 atom stereocenters. The van der Waals surface area contributed by atoms with E-state index in [9.17, 15) is 13.2 Å². The predicted molar refractivity (Wildman–Crippen MR) is 148 cm³/mol. The summed E-state index contributed by atoms with van der Waals surface area (Å²) in [5.74, 6) is -0.382. The van der Waals surface area contributed by atoms with Crippen molar-refractivity contribution in [3.05, 3.63) is 107 Å². The zero-order valence-electron chi connectivity index (χ0n) is 20.1. The number of aryl methyl sites for hydroxylation is 1. The van der Waals surface area contributed by atoms with Gasteiger partial charge in [-0.2, -0.15) is 0 Å². The van der Waals surface area contributed by atoms with Crippen LogP contribution in [0.5, 0.6) is 0 Å². The lowest BCUT2D eigenvalue weighted by molar-refractivity contribution is 0.102. The Kier molecular flexibility index (Phi) is 6.45. The lowest BCUT2D eigenvalue weighted by Gasteiger charge is -2.14. The van der Waals surface area contributed by atoms with Gasteiger partial charge in [-0.1, -0.05) is 29.8 Å². The second kappa shape index (κ2) is 9.72. The van der Waals surface area contributed by atoms with Gasteiger partial charge in [-0.15, -0.1) is 0 Å². The summed E-state index contributed by atoms with van der Waals surface area (Å²) in [5.41, 5.74) is 5.65. The van der Waals surface area contributed by atoms with Crippen molar-refractivity contribution in [1.29, 1.82) is 0 Å². The maximum absolute atomic E-state index is 13.2. The van der Waals surface area contributed by atoms with E-state index < -0.39 is 9.84 Å². The molecular weight excluding hydrogens is 508 g/mol. The lowest BCUT2D eigenvalue weighted by Crippen LogP contribution is -2.14. The van der Waals surface area contributed by atoms with Gasteiger partial charge in [0.15, 0.2) is 9.84 Å². The van der Waals surface area contributed by atoms with Gasteiger partial charge in [0.1, 0.15) is 5.65 Å². The number of hydrogen-bond acceptors (Lipinski definition) is 5. The zero-order chi connectivity index (χ0) is 26.2. The van der Waals surface area contributed by atoms with Gasteiger partial charge in [0.25, 0.3) is 5.91 Å². The minimum Gasteiger partial charge on any atom is -0.355 e. The van der Waals surface area contributed by atoms with Gasteiger partial charge in [-0.25, -0.2) is 13.4 Å². The molecule has 2 aromatic heterocycles. The fourth-order valence-electron chi connectivity index (χ4n) is 3.96. The number of nitrogens with zero attached hydrogens (tertiary/aromatic N) is 2. The first-order valence-corrected chi connectivity index (χ1v) is 13.7. The SMILES string of the molecule is Cc1cccn2cc(-c3ccc(NC(=O)c4ccc(S(C)(=O)=O)cc4Nc4ccc(Cl)cc4)cc3)nc12. The van der Waals surface area contributed by atoms with E-state index in [1.807, 2.05) is 48.0 Å². The molecule has 0 unspecified atom stereocenters. The van der Waals surface area contributed by atoms with Crippen LogP contribution >= 0.6 is 11.6 Å². The van der Waals surface area contributed by atoms with Crippen molar-refractivity contribution in [3.63, 3.8) is 0 Å². The number of rotatable bonds is 6. The molecule has 1 amide bonds. The summed E-state index contributed by atoms with van der Waals surface area (Å²) in [7, 11) is -3.47. The van der Waals surface area contributed by atoms with Crippen LogP contribution in [0.4, 0.5) is 17.1 Å². The number of nitrogens with one attached hydrogen (secondary N) is 2. The van der Waals surface area contributed by atoms with Gasteiger partial charge < -0.3 is 15.0 Å². The second-order valence-corrected chi connectivity index (χ2v) is 11.1. The average molecular weight is 531 g/mol. The van der Waals surface area contributed by atoms with Crippen LogP contribution in [0.1, 0.15) is 15.9 Å². The van der Waals surface area contributed by atoms with Crippen LogP contribution in [0.25, 0.3) is 16.9 Å². The van der Waals surface area contributed by atoms with Gasteiger partial charge in [0.2, 0.25) is 0 Å². The number of hydrogen-bond donors (Lipinski definition) is 2. The number of benzene rings is 3. The molecule has 0 radical (unpaired) electrons. The Bertz CT molecular complexity index is 1730. The van der Waals surface area contributed by atoms with Crippen molar-refractivity contribution >= 4 is 50.1 Å². The number of anilines is 3. The molecule has 37 heavy (non-hydrogen) atoms. The molecule has 0 saturated heterocycles. The van der Waals surface area contributed by atoms with Gasteiger partial charge in [-0.3, -0.25) is 4.79 Å². The Morgan fingerprint density at radius 2 is 1.65 bits per heavy atom.